The third-order valence-electron chi connectivity index (χ3n) is 6.68. The summed E-state index contributed by atoms with van der Waals surface area (Å²) in [7, 11) is 3.10. The monoisotopic (exact) mass is 570 g/mol. The first-order valence-corrected chi connectivity index (χ1v) is 13.9. The van der Waals surface area contributed by atoms with E-state index in [0.29, 0.717) is 38.7 Å². The van der Waals surface area contributed by atoms with Crippen molar-refractivity contribution in [3.05, 3.63) is 120 Å². The molecule has 1 aromatic heterocycles. The van der Waals surface area contributed by atoms with E-state index in [-0.39, 0.29) is 17.7 Å². The number of methoxy groups -OCH3 is 2. The van der Waals surface area contributed by atoms with E-state index in [1.54, 1.807) is 39.2 Å². The first kappa shape index (κ1) is 27.9. The fourth-order valence-corrected chi connectivity index (χ4v) is 5.73. The predicted molar refractivity (Wildman–Crippen MR) is 157 cm³/mol. The molecule has 0 spiro atoms. The molecule has 3 aromatic carbocycles. The van der Waals surface area contributed by atoms with E-state index in [1.165, 1.54) is 23.0 Å². The molecule has 0 aliphatic carbocycles. The van der Waals surface area contributed by atoms with Gasteiger partial charge in [0, 0.05) is 11.6 Å². The number of ether oxygens (including phenoxy) is 4. The van der Waals surface area contributed by atoms with Gasteiger partial charge in [-0.3, -0.25) is 9.36 Å². The maximum atomic E-state index is 13.9. The molecule has 1 atom stereocenters. The van der Waals surface area contributed by atoms with Crippen molar-refractivity contribution in [3.63, 3.8) is 0 Å². The first-order valence-electron chi connectivity index (χ1n) is 13.1. The third kappa shape index (κ3) is 5.81. The molecule has 2 heterocycles. The Morgan fingerprint density at radius 2 is 1.73 bits per heavy atom. The minimum absolute atomic E-state index is 0.192. The molecule has 41 heavy (non-hydrogen) atoms. The zero-order chi connectivity index (χ0) is 28.9. The van der Waals surface area contributed by atoms with Gasteiger partial charge in [0.15, 0.2) is 4.80 Å². The largest absolute Gasteiger partial charge is 0.497 e. The van der Waals surface area contributed by atoms with Crippen LogP contribution in [0.3, 0.4) is 0 Å². The Morgan fingerprint density at radius 3 is 2.41 bits per heavy atom. The molecular weight excluding hydrogens is 540 g/mol. The molecule has 0 bridgehead atoms. The summed E-state index contributed by atoms with van der Waals surface area (Å²) >= 11 is 1.26. The highest BCUT2D eigenvalue weighted by Crippen LogP contribution is 2.37. The molecule has 0 amide bonds. The minimum atomic E-state index is -0.790. The van der Waals surface area contributed by atoms with Crippen molar-refractivity contribution in [2.45, 2.75) is 26.5 Å². The first-order chi connectivity index (χ1) is 19.9. The molecule has 0 saturated heterocycles. The average Bonchev–Trinajstić information content (AvgIpc) is 3.30. The molecule has 0 unspecified atom stereocenters. The summed E-state index contributed by atoms with van der Waals surface area (Å²) in [5, 5.41) is 0. The van der Waals surface area contributed by atoms with Crippen LogP contribution in [0.1, 0.15) is 36.6 Å². The maximum Gasteiger partial charge on any atom is 0.338 e. The predicted octanol–water partition coefficient (Wildman–Crippen LogP) is 4.39. The number of hydrogen-bond acceptors (Lipinski definition) is 8. The minimum Gasteiger partial charge on any atom is -0.497 e. The number of carbonyl (C=O) groups is 1. The zero-order valence-electron chi connectivity index (χ0n) is 23.2. The number of thiazole rings is 1. The van der Waals surface area contributed by atoms with E-state index in [1.807, 2.05) is 60.7 Å². The number of hydrogen-bond donors (Lipinski definition) is 0. The summed E-state index contributed by atoms with van der Waals surface area (Å²) in [6, 6.07) is 22.0. The van der Waals surface area contributed by atoms with Gasteiger partial charge in [-0.2, -0.15) is 0 Å². The van der Waals surface area contributed by atoms with Gasteiger partial charge >= 0.3 is 5.97 Å². The van der Waals surface area contributed by atoms with Gasteiger partial charge in [0.1, 0.15) is 29.9 Å². The molecule has 0 radical (unpaired) electrons. The molecule has 0 fully saturated rings. The van der Waals surface area contributed by atoms with E-state index in [9.17, 15) is 9.59 Å². The number of rotatable bonds is 9. The highest BCUT2D eigenvalue weighted by atomic mass is 32.1. The van der Waals surface area contributed by atoms with Crippen molar-refractivity contribution in [2.75, 3.05) is 20.8 Å². The quantitative estimate of drug-likeness (QED) is 0.277. The van der Waals surface area contributed by atoms with Crippen LogP contribution in [0, 0.1) is 0 Å². The second-order valence-electron chi connectivity index (χ2n) is 9.25. The molecule has 0 N–H and O–H groups in total. The van der Waals surface area contributed by atoms with Gasteiger partial charge in [0.05, 0.1) is 36.6 Å². The van der Waals surface area contributed by atoms with Crippen molar-refractivity contribution >= 4 is 23.4 Å². The summed E-state index contributed by atoms with van der Waals surface area (Å²) < 4.78 is 24.3. The highest BCUT2D eigenvalue weighted by molar-refractivity contribution is 7.07. The molecule has 5 rings (SSSR count). The Morgan fingerprint density at radius 1 is 1.00 bits per heavy atom. The van der Waals surface area contributed by atoms with E-state index in [4.69, 9.17) is 18.9 Å². The van der Waals surface area contributed by atoms with Gasteiger partial charge in [0.2, 0.25) is 0 Å². The van der Waals surface area contributed by atoms with Crippen LogP contribution >= 0.6 is 11.3 Å². The van der Waals surface area contributed by atoms with Gasteiger partial charge in [-0.1, -0.05) is 53.8 Å². The molecule has 4 aromatic rings. The Hall–Kier alpha value is -4.63. The molecule has 1 aliphatic rings. The molecule has 210 valence electrons. The second kappa shape index (κ2) is 12.3. The van der Waals surface area contributed by atoms with Crippen LogP contribution < -0.4 is 29.1 Å². The Bertz CT molecular complexity index is 1770. The van der Waals surface area contributed by atoms with Gasteiger partial charge in [-0.25, -0.2) is 9.79 Å². The van der Waals surface area contributed by atoms with E-state index in [2.05, 4.69) is 4.99 Å². The van der Waals surface area contributed by atoms with Gasteiger partial charge in [0.25, 0.3) is 5.56 Å². The smallest absolute Gasteiger partial charge is 0.338 e. The average molecular weight is 571 g/mol. The summed E-state index contributed by atoms with van der Waals surface area (Å²) in [4.78, 5) is 32.2. The number of carbonyl (C=O) groups excluding carboxylic acids is 1. The van der Waals surface area contributed by atoms with Crippen LogP contribution in [0.15, 0.2) is 93.9 Å². The normalized spacial score (nSPS) is 14.7. The Labute approximate surface area is 241 Å². The summed E-state index contributed by atoms with van der Waals surface area (Å²) in [6.45, 7) is 4.15. The Kier molecular flexibility index (Phi) is 8.35. The molecular formula is C32H30N2O6S. The fourth-order valence-electron chi connectivity index (χ4n) is 4.68. The number of fused-ring (bicyclic) bond motifs is 1. The SMILES string of the molecule is CCOC(=O)C1=C(C)N=c2s/c(=C\c3ccc(OCc4ccccc4)cc3)c(=O)n2[C@H]1c1ccc(OC)cc1OC. The highest BCUT2D eigenvalue weighted by Gasteiger charge is 2.35. The number of nitrogens with zero attached hydrogens (tertiary/aromatic N) is 2. The van der Waals surface area contributed by atoms with Crippen LogP contribution in [-0.4, -0.2) is 31.4 Å². The van der Waals surface area contributed by atoms with Crippen molar-refractivity contribution in [2.24, 2.45) is 4.99 Å². The maximum absolute atomic E-state index is 13.9. The summed E-state index contributed by atoms with van der Waals surface area (Å²) in [5.41, 5.74) is 3.04. The van der Waals surface area contributed by atoms with Crippen molar-refractivity contribution < 1.29 is 23.7 Å². The fraction of sp³-hybridized carbons (Fsp3) is 0.219. The van der Waals surface area contributed by atoms with E-state index >= 15 is 0 Å². The van der Waals surface area contributed by atoms with Crippen molar-refractivity contribution in [3.8, 4) is 17.2 Å². The van der Waals surface area contributed by atoms with Gasteiger partial charge < -0.3 is 18.9 Å². The van der Waals surface area contributed by atoms with Gasteiger partial charge in [-0.05, 0) is 55.3 Å². The van der Waals surface area contributed by atoms with Crippen LogP contribution in [0.2, 0.25) is 0 Å². The van der Waals surface area contributed by atoms with Crippen LogP contribution in [0.4, 0.5) is 0 Å². The lowest BCUT2D eigenvalue weighted by Crippen LogP contribution is -2.40. The van der Waals surface area contributed by atoms with Gasteiger partial charge in [-0.15, -0.1) is 0 Å². The summed E-state index contributed by atoms with van der Waals surface area (Å²) in [5.74, 6) is 1.27. The lowest BCUT2D eigenvalue weighted by atomic mass is 9.95. The van der Waals surface area contributed by atoms with Crippen molar-refractivity contribution in [1.82, 2.24) is 4.57 Å². The molecule has 0 saturated carbocycles. The van der Waals surface area contributed by atoms with Crippen molar-refractivity contribution in [1.29, 1.82) is 0 Å². The zero-order valence-corrected chi connectivity index (χ0v) is 24.1. The van der Waals surface area contributed by atoms with E-state index in [0.717, 1.165) is 16.9 Å². The van der Waals surface area contributed by atoms with Crippen LogP contribution in [0.5, 0.6) is 17.2 Å². The number of aromatic nitrogens is 1. The molecule has 8 nitrogen and oxygen atoms in total. The van der Waals surface area contributed by atoms with E-state index < -0.39 is 12.0 Å². The number of allylic oxidation sites excluding steroid dienone is 1. The Balaban J connectivity index is 1.55. The molecule has 9 heteroatoms. The van der Waals surface area contributed by atoms with Crippen LogP contribution in [-0.2, 0) is 16.1 Å². The van der Waals surface area contributed by atoms with Crippen LogP contribution in [0.25, 0.3) is 6.08 Å². The number of esters is 1. The number of benzene rings is 3. The lowest BCUT2D eigenvalue weighted by molar-refractivity contribution is -0.139. The standard InChI is InChI=1S/C32H30N2O6S/c1-5-39-31(36)28-20(2)33-32-34(29(28)25-16-15-24(37-3)18-26(25)38-4)30(35)27(41-32)17-21-11-13-23(14-12-21)40-19-22-9-7-6-8-10-22/h6-18,29H,5,19H2,1-4H3/b27-17-/t29-/m0/s1. The topological polar surface area (TPSA) is 88.4 Å². The second-order valence-corrected chi connectivity index (χ2v) is 10.3. The molecule has 1 aliphatic heterocycles. The summed E-state index contributed by atoms with van der Waals surface area (Å²) in [6.07, 6.45) is 1.82. The lowest BCUT2D eigenvalue weighted by Gasteiger charge is -2.26. The third-order valence-corrected chi connectivity index (χ3v) is 7.66.